The summed E-state index contributed by atoms with van der Waals surface area (Å²) in [4.78, 5) is 4.25. The van der Waals surface area contributed by atoms with Crippen molar-refractivity contribution in [3.8, 4) is 0 Å². The minimum absolute atomic E-state index is 0.426. The molecule has 1 fully saturated rings. The zero-order chi connectivity index (χ0) is 10.2. The second-order valence-electron chi connectivity index (χ2n) is 4.68. The SMILES string of the molecule is CCNCc1ncc(C2CC2(C)C)o1. The van der Waals surface area contributed by atoms with Gasteiger partial charge in [-0.3, -0.25) is 0 Å². The van der Waals surface area contributed by atoms with Crippen molar-refractivity contribution in [2.24, 2.45) is 5.41 Å². The van der Waals surface area contributed by atoms with Crippen LogP contribution in [0.4, 0.5) is 0 Å². The zero-order valence-corrected chi connectivity index (χ0v) is 9.13. The van der Waals surface area contributed by atoms with Gasteiger partial charge in [0.05, 0.1) is 12.7 Å². The monoisotopic (exact) mass is 194 g/mol. The van der Waals surface area contributed by atoms with Crippen LogP contribution in [0, 0.1) is 5.41 Å². The Hall–Kier alpha value is -0.830. The lowest BCUT2D eigenvalue weighted by atomic mass is 10.1. The molecule has 1 aromatic rings. The molecule has 3 nitrogen and oxygen atoms in total. The van der Waals surface area contributed by atoms with E-state index in [9.17, 15) is 0 Å². The minimum Gasteiger partial charge on any atom is -0.444 e. The first-order valence-corrected chi connectivity index (χ1v) is 5.29. The summed E-state index contributed by atoms with van der Waals surface area (Å²) in [6.45, 7) is 8.30. The van der Waals surface area contributed by atoms with Gasteiger partial charge >= 0.3 is 0 Å². The maximum atomic E-state index is 5.67. The third-order valence-corrected chi connectivity index (χ3v) is 2.95. The van der Waals surface area contributed by atoms with Gasteiger partial charge in [0.1, 0.15) is 5.76 Å². The van der Waals surface area contributed by atoms with Crippen molar-refractivity contribution in [3.63, 3.8) is 0 Å². The maximum Gasteiger partial charge on any atom is 0.208 e. The van der Waals surface area contributed by atoms with Crippen molar-refractivity contribution < 1.29 is 4.42 Å². The van der Waals surface area contributed by atoms with E-state index in [0.717, 1.165) is 24.7 Å². The number of rotatable bonds is 4. The second-order valence-corrected chi connectivity index (χ2v) is 4.68. The van der Waals surface area contributed by atoms with Gasteiger partial charge in [-0.05, 0) is 18.4 Å². The Balaban J connectivity index is 1.97. The Morgan fingerprint density at radius 3 is 2.93 bits per heavy atom. The first kappa shape index (κ1) is 9.71. The van der Waals surface area contributed by atoms with Crippen molar-refractivity contribution in [2.75, 3.05) is 6.54 Å². The zero-order valence-electron chi connectivity index (χ0n) is 9.13. The minimum atomic E-state index is 0.426. The third kappa shape index (κ3) is 1.82. The Bertz CT molecular complexity index is 317. The van der Waals surface area contributed by atoms with Gasteiger partial charge < -0.3 is 9.73 Å². The number of nitrogens with one attached hydrogen (secondary N) is 1. The fourth-order valence-electron chi connectivity index (χ4n) is 1.75. The van der Waals surface area contributed by atoms with Crippen molar-refractivity contribution in [1.29, 1.82) is 0 Å². The van der Waals surface area contributed by atoms with E-state index in [0.29, 0.717) is 11.3 Å². The highest BCUT2D eigenvalue weighted by Crippen LogP contribution is 2.58. The summed E-state index contributed by atoms with van der Waals surface area (Å²) in [5.74, 6) is 2.46. The van der Waals surface area contributed by atoms with Crippen LogP contribution in [-0.4, -0.2) is 11.5 Å². The van der Waals surface area contributed by atoms with Crippen LogP contribution in [0.5, 0.6) is 0 Å². The molecule has 0 radical (unpaired) electrons. The molecule has 0 aliphatic heterocycles. The average molecular weight is 194 g/mol. The van der Waals surface area contributed by atoms with Gasteiger partial charge in [0, 0.05) is 5.92 Å². The van der Waals surface area contributed by atoms with Gasteiger partial charge in [0.2, 0.25) is 5.89 Å². The predicted octanol–water partition coefficient (Wildman–Crippen LogP) is 2.30. The van der Waals surface area contributed by atoms with Crippen LogP contribution >= 0.6 is 0 Å². The van der Waals surface area contributed by atoms with Gasteiger partial charge in [0.25, 0.3) is 0 Å². The molecular formula is C11H18N2O. The molecule has 2 rings (SSSR count). The number of hydrogen-bond donors (Lipinski definition) is 1. The van der Waals surface area contributed by atoms with E-state index in [4.69, 9.17) is 4.42 Å². The molecule has 78 valence electrons. The van der Waals surface area contributed by atoms with Gasteiger partial charge in [-0.25, -0.2) is 4.98 Å². The molecule has 1 saturated carbocycles. The third-order valence-electron chi connectivity index (χ3n) is 2.95. The molecule has 0 amide bonds. The maximum absolute atomic E-state index is 5.67. The summed E-state index contributed by atoms with van der Waals surface area (Å²) < 4.78 is 5.67. The first-order valence-electron chi connectivity index (χ1n) is 5.29. The van der Waals surface area contributed by atoms with Crippen LogP contribution < -0.4 is 5.32 Å². The van der Waals surface area contributed by atoms with E-state index in [2.05, 4.69) is 31.1 Å². The van der Waals surface area contributed by atoms with Crippen molar-refractivity contribution >= 4 is 0 Å². The van der Waals surface area contributed by atoms with E-state index >= 15 is 0 Å². The molecule has 0 aromatic carbocycles. The highest BCUT2D eigenvalue weighted by molar-refractivity contribution is 5.17. The topological polar surface area (TPSA) is 38.1 Å². The molecule has 1 aliphatic rings. The fourth-order valence-corrected chi connectivity index (χ4v) is 1.75. The molecule has 3 heteroatoms. The highest BCUT2D eigenvalue weighted by Gasteiger charge is 2.48. The number of aromatic nitrogens is 1. The lowest BCUT2D eigenvalue weighted by molar-refractivity contribution is 0.426. The first-order chi connectivity index (χ1) is 6.63. The Morgan fingerprint density at radius 2 is 2.36 bits per heavy atom. The van der Waals surface area contributed by atoms with Crippen molar-refractivity contribution in [3.05, 3.63) is 17.8 Å². The molecule has 1 aliphatic carbocycles. The Morgan fingerprint density at radius 1 is 1.64 bits per heavy atom. The standard InChI is InChI=1S/C11H18N2O/c1-4-12-7-10-13-6-9(14-10)8-5-11(8,2)3/h6,8,12H,4-5,7H2,1-3H3. The molecule has 1 aromatic heterocycles. The van der Waals surface area contributed by atoms with Gasteiger partial charge in [0.15, 0.2) is 0 Å². The average Bonchev–Trinajstić information content (AvgIpc) is 2.63. The molecule has 1 atom stereocenters. The normalized spacial score (nSPS) is 23.8. The van der Waals surface area contributed by atoms with Crippen LogP contribution in [0.1, 0.15) is 44.8 Å². The Kier molecular flexibility index (Phi) is 2.35. The van der Waals surface area contributed by atoms with Crippen molar-refractivity contribution in [1.82, 2.24) is 10.3 Å². The van der Waals surface area contributed by atoms with Gasteiger partial charge in [-0.1, -0.05) is 20.8 Å². The van der Waals surface area contributed by atoms with E-state index in [1.54, 1.807) is 0 Å². The number of hydrogen-bond acceptors (Lipinski definition) is 3. The summed E-state index contributed by atoms with van der Waals surface area (Å²) in [7, 11) is 0. The molecule has 14 heavy (non-hydrogen) atoms. The lowest BCUT2D eigenvalue weighted by Gasteiger charge is -1.98. The number of oxazole rings is 1. The van der Waals surface area contributed by atoms with E-state index in [1.165, 1.54) is 6.42 Å². The summed E-state index contributed by atoms with van der Waals surface area (Å²) >= 11 is 0. The van der Waals surface area contributed by atoms with E-state index < -0.39 is 0 Å². The molecule has 0 saturated heterocycles. The molecule has 0 spiro atoms. The van der Waals surface area contributed by atoms with E-state index in [1.807, 2.05) is 6.20 Å². The molecule has 1 unspecified atom stereocenters. The van der Waals surface area contributed by atoms with Crippen LogP contribution in [0.3, 0.4) is 0 Å². The van der Waals surface area contributed by atoms with Crippen LogP contribution in [0.25, 0.3) is 0 Å². The summed E-state index contributed by atoms with van der Waals surface area (Å²) in [5, 5.41) is 3.20. The van der Waals surface area contributed by atoms with Crippen LogP contribution in [0.2, 0.25) is 0 Å². The highest BCUT2D eigenvalue weighted by atomic mass is 16.4. The van der Waals surface area contributed by atoms with Crippen LogP contribution in [-0.2, 0) is 6.54 Å². The summed E-state index contributed by atoms with van der Waals surface area (Å²) in [6, 6.07) is 0. The summed E-state index contributed by atoms with van der Waals surface area (Å²) in [5.41, 5.74) is 0.426. The number of nitrogens with zero attached hydrogens (tertiary/aromatic N) is 1. The van der Waals surface area contributed by atoms with Gasteiger partial charge in [-0.2, -0.15) is 0 Å². The second kappa shape index (κ2) is 3.39. The molecular weight excluding hydrogens is 176 g/mol. The van der Waals surface area contributed by atoms with Gasteiger partial charge in [-0.15, -0.1) is 0 Å². The van der Waals surface area contributed by atoms with Crippen LogP contribution in [0.15, 0.2) is 10.6 Å². The smallest absolute Gasteiger partial charge is 0.208 e. The Labute approximate surface area is 84.9 Å². The fraction of sp³-hybridized carbons (Fsp3) is 0.727. The molecule has 0 bridgehead atoms. The molecule has 1 N–H and O–H groups in total. The predicted molar refractivity (Wildman–Crippen MR) is 55.0 cm³/mol. The molecule has 1 heterocycles. The van der Waals surface area contributed by atoms with Crippen molar-refractivity contribution in [2.45, 2.75) is 39.7 Å². The largest absolute Gasteiger partial charge is 0.444 e. The lowest BCUT2D eigenvalue weighted by Crippen LogP contribution is -2.11. The quantitative estimate of drug-likeness (QED) is 0.799. The van der Waals surface area contributed by atoms with E-state index in [-0.39, 0.29) is 0 Å². The summed E-state index contributed by atoms with van der Waals surface area (Å²) in [6.07, 6.45) is 3.11.